The summed E-state index contributed by atoms with van der Waals surface area (Å²) in [5.41, 5.74) is 2.41. The molecule has 2 aromatic carbocycles. The number of hydrogen-bond acceptors (Lipinski definition) is 4. The van der Waals surface area contributed by atoms with Gasteiger partial charge in [0, 0.05) is 12.2 Å². The first-order valence-corrected chi connectivity index (χ1v) is 7.51. The number of rotatable bonds is 2. The summed E-state index contributed by atoms with van der Waals surface area (Å²) in [6.45, 7) is 5.07. The molecule has 22 heavy (non-hydrogen) atoms. The molecule has 2 heterocycles. The van der Waals surface area contributed by atoms with Crippen molar-refractivity contribution in [3.8, 4) is 0 Å². The van der Waals surface area contributed by atoms with E-state index in [1.54, 1.807) is 0 Å². The third-order valence-corrected chi connectivity index (χ3v) is 4.26. The third-order valence-electron chi connectivity index (χ3n) is 4.26. The Labute approximate surface area is 128 Å². The van der Waals surface area contributed by atoms with Crippen molar-refractivity contribution in [2.45, 2.75) is 19.9 Å². The van der Waals surface area contributed by atoms with Crippen molar-refractivity contribution in [1.29, 1.82) is 0 Å². The smallest absolute Gasteiger partial charge is 0.250 e. The van der Waals surface area contributed by atoms with E-state index in [0.717, 1.165) is 12.5 Å². The summed E-state index contributed by atoms with van der Waals surface area (Å²) in [5, 5.41) is 14.8. The number of fused-ring (bicyclic) bond motifs is 2. The van der Waals surface area contributed by atoms with Gasteiger partial charge in [-0.15, -0.1) is 0 Å². The highest BCUT2D eigenvalue weighted by Gasteiger charge is 2.27. The van der Waals surface area contributed by atoms with Crippen molar-refractivity contribution in [3.63, 3.8) is 0 Å². The van der Waals surface area contributed by atoms with E-state index < -0.39 is 0 Å². The zero-order valence-corrected chi connectivity index (χ0v) is 12.6. The Hall–Kier alpha value is -2.69. The zero-order chi connectivity index (χ0) is 15.1. The van der Waals surface area contributed by atoms with Crippen molar-refractivity contribution >= 4 is 16.7 Å². The summed E-state index contributed by atoms with van der Waals surface area (Å²) in [7, 11) is 0. The second-order valence-corrected chi connectivity index (χ2v) is 5.49. The third kappa shape index (κ3) is 1.82. The van der Waals surface area contributed by atoms with Crippen LogP contribution >= 0.6 is 0 Å². The number of allylic oxidation sites excluding steroid dienone is 2. The molecular weight excluding hydrogens is 274 g/mol. The quantitative estimate of drug-likeness (QED) is 0.727. The lowest BCUT2D eigenvalue weighted by Gasteiger charge is -2.30. The van der Waals surface area contributed by atoms with Crippen LogP contribution in [0.25, 0.3) is 10.8 Å². The number of anilines is 1. The first-order chi connectivity index (χ1) is 10.8. The summed E-state index contributed by atoms with van der Waals surface area (Å²) < 4.78 is 1.90. The zero-order valence-electron chi connectivity index (χ0n) is 12.6. The fourth-order valence-electron chi connectivity index (χ4n) is 3.21. The molecule has 0 N–H and O–H groups in total. The van der Waals surface area contributed by atoms with Gasteiger partial charge in [-0.1, -0.05) is 47.6 Å². The van der Waals surface area contributed by atoms with Crippen LogP contribution in [-0.2, 0) is 0 Å². The van der Waals surface area contributed by atoms with Gasteiger partial charge in [0.25, 0.3) is 5.95 Å². The molecule has 1 unspecified atom stereocenters. The Kier molecular flexibility index (Phi) is 2.92. The first kappa shape index (κ1) is 13.0. The number of hydrogen-bond donors (Lipinski definition) is 0. The van der Waals surface area contributed by atoms with Crippen LogP contribution in [-0.4, -0.2) is 26.8 Å². The minimum atomic E-state index is 0.0268. The number of tetrazole rings is 1. The van der Waals surface area contributed by atoms with Crippen molar-refractivity contribution < 1.29 is 0 Å². The van der Waals surface area contributed by atoms with Gasteiger partial charge >= 0.3 is 0 Å². The number of nitrogens with zero attached hydrogens (tertiary/aromatic N) is 5. The van der Waals surface area contributed by atoms with Gasteiger partial charge in [0.05, 0.1) is 0 Å². The molecule has 0 saturated carbocycles. The van der Waals surface area contributed by atoms with Crippen LogP contribution in [0.2, 0.25) is 0 Å². The van der Waals surface area contributed by atoms with Gasteiger partial charge in [-0.05, 0) is 46.7 Å². The van der Waals surface area contributed by atoms with E-state index in [-0.39, 0.29) is 6.04 Å². The molecule has 110 valence electrons. The molecule has 0 spiro atoms. The molecule has 0 radical (unpaired) electrons. The summed E-state index contributed by atoms with van der Waals surface area (Å²) >= 11 is 0. The lowest BCUT2D eigenvalue weighted by molar-refractivity contribution is 0.564. The van der Waals surface area contributed by atoms with Gasteiger partial charge in [-0.25, -0.2) is 0 Å². The molecule has 3 aromatic rings. The summed E-state index contributed by atoms with van der Waals surface area (Å²) in [5.74, 6) is 0.806. The molecule has 0 aliphatic carbocycles. The van der Waals surface area contributed by atoms with Crippen LogP contribution in [0.4, 0.5) is 5.95 Å². The van der Waals surface area contributed by atoms with E-state index in [1.165, 1.54) is 22.0 Å². The van der Waals surface area contributed by atoms with Gasteiger partial charge in [0.15, 0.2) is 0 Å². The van der Waals surface area contributed by atoms with E-state index in [0.29, 0.717) is 0 Å². The Bertz CT molecular complexity index is 859. The van der Waals surface area contributed by atoms with E-state index >= 15 is 0 Å². The van der Waals surface area contributed by atoms with E-state index in [2.05, 4.69) is 82.8 Å². The monoisotopic (exact) mass is 291 g/mol. The average molecular weight is 291 g/mol. The van der Waals surface area contributed by atoms with Gasteiger partial charge in [0.2, 0.25) is 0 Å². The molecule has 5 heteroatoms. The first-order valence-electron chi connectivity index (χ1n) is 7.51. The molecule has 1 aliphatic rings. The van der Waals surface area contributed by atoms with Crippen LogP contribution in [0.15, 0.2) is 54.2 Å². The summed E-state index contributed by atoms with van der Waals surface area (Å²) in [4.78, 5) is 2.13. The minimum Gasteiger partial charge on any atom is -0.314 e. The van der Waals surface area contributed by atoms with Crippen LogP contribution in [0.3, 0.4) is 0 Å². The van der Waals surface area contributed by atoms with E-state index in [9.17, 15) is 0 Å². The fourth-order valence-corrected chi connectivity index (χ4v) is 3.21. The molecule has 1 atom stereocenters. The van der Waals surface area contributed by atoms with Gasteiger partial charge < -0.3 is 4.90 Å². The van der Waals surface area contributed by atoms with Crippen molar-refractivity contribution in [1.82, 2.24) is 20.2 Å². The van der Waals surface area contributed by atoms with Crippen LogP contribution in [0.1, 0.15) is 25.5 Å². The maximum atomic E-state index is 4.22. The van der Waals surface area contributed by atoms with Gasteiger partial charge in [-0.2, -0.15) is 4.68 Å². The number of aromatic nitrogens is 4. The molecule has 1 aromatic heterocycles. The Morgan fingerprint density at radius 2 is 1.91 bits per heavy atom. The molecule has 0 bridgehead atoms. The Balaban J connectivity index is 1.94. The highest BCUT2D eigenvalue weighted by molar-refractivity contribution is 5.86. The van der Waals surface area contributed by atoms with E-state index in [4.69, 9.17) is 0 Å². The molecule has 5 nitrogen and oxygen atoms in total. The Morgan fingerprint density at radius 1 is 1.09 bits per heavy atom. The predicted molar refractivity (Wildman–Crippen MR) is 86.7 cm³/mol. The fraction of sp³-hybridized carbons (Fsp3) is 0.235. The highest BCUT2D eigenvalue weighted by atomic mass is 15.6. The van der Waals surface area contributed by atoms with Gasteiger partial charge in [-0.3, -0.25) is 0 Å². The largest absolute Gasteiger partial charge is 0.314 e. The maximum absolute atomic E-state index is 4.22. The van der Waals surface area contributed by atoms with Crippen molar-refractivity contribution in [2.75, 3.05) is 11.4 Å². The predicted octanol–water partition coefficient (Wildman–Crippen LogP) is 3.16. The van der Waals surface area contributed by atoms with Crippen LogP contribution < -0.4 is 4.90 Å². The molecule has 4 rings (SSSR count). The topological polar surface area (TPSA) is 46.8 Å². The van der Waals surface area contributed by atoms with Crippen LogP contribution in [0.5, 0.6) is 0 Å². The average Bonchev–Trinajstić information content (AvgIpc) is 3.03. The standard InChI is InChI=1S/C17H17N5/c1-3-21-12(2)11-16(22-17(21)18-19-20-22)15-10-6-8-13-7-4-5-9-14(13)15/h4-11,16H,3H2,1-2H3. The lowest BCUT2D eigenvalue weighted by atomic mass is 9.97. The summed E-state index contributed by atoms with van der Waals surface area (Å²) in [6, 6.07) is 14.8. The van der Waals surface area contributed by atoms with Crippen molar-refractivity contribution in [2.24, 2.45) is 0 Å². The second-order valence-electron chi connectivity index (χ2n) is 5.49. The number of benzene rings is 2. The molecule has 1 aliphatic heterocycles. The van der Waals surface area contributed by atoms with Crippen LogP contribution in [0, 0.1) is 0 Å². The minimum absolute atomic E-state index is 0.0268. The molecular formula is C17H17N5. The summed E-state index contributed by atoms with van der Waals surface area (Å²) in [6.07, 6.45) is 2.23. The second kappa shape index (κ2) is 4.94. The van der Waals surface area contributed by atoms with E-state index in [1.807, 2.05) is 4.68 Å². The highest BCUT2D eigenvalue weighted by Crippen LogP contribution is 2.34. The molecule has 0 saturated heterocycles. The SMILES string of the molecule is CCN1C(C)=CC(c2cccc3ccccc23)n2nnnc21. The Morgan fingerprint density at radius 3 is 2.77 bits per heavy atom. The lowest BCUT2D eigenvalue weighted by Crippen LogP contribution is -2.30. The maximum Gasteiger partial charge on any atom is 0.250 e. The molecule has 0 fully saturated rings. The normalized spacial score (nSPS) is 17.5. The van der Waals surface area contributed by atoms with Gasteiger partial charge in [0.1, 0.15) is 6.04 Å². The molecule has 0 amide bonds. The van der Waals surface area contributed by atoms with Crippen molar-refractivity contribution in [3.05, 3.63) is 59.8 Å².